The quantitative estimate of drug-likeness (QED) is 0.891. The van der Waals surface area contributed by atoms with Gasteiger partial charge in [0.1, 0.15) is 5.75 Å². The molecule has 5 nitrogen and oxygen atoms in total. The van der Waals surface area contributed by atoms with E-state index in [2.05, 4.69) is 11.1 Å². The molecule has 0 radical (unpaired) electrons. The summed E-state index contributed by atoms with van der Waals surface area (Å²) in [6, 6.07) is 5.97. The van der Waals surface area contributed by atoms with Crippen molar-refractivity contribution < 1.29 is 14.6 Å². The van der Waals surface area contributed by atoms with E-state index >= 15 is 0 Å². The van der Waals surface area contributed by atoms with Gasteiger partial charge < -0.3 is 14.4 Å². The van der Waals surface area contributed by atoms with Crippen molar-refractivity contribution in [3.05, 3.63) is 47.5 Å². The zero-order chi connectivity index (χ0) is 13.8. The number of hydrogen-bond donors (Lipinski definition) is 1. The van der Waals surface area contributed by atoms with Gasteiger partial charge in [0, 0.05) is 11.8 Å². The largest absolute Gasteiger partial charge is 0.496 e. The first-order chi connectivity index (χ1) is 9.08. The van der Waals surface area contributed by atoms with Gasteiger partial charge in [0.05, 0.1) is 32.1 Å². The molecular formula is C14H16N2O3. The minimum absolute atomic E-state index is 0.0576. The van der Waals surface area contributed by atoms with Crippen LogP contribution in [0.15, 0.2) is 30.7 Å². The molecule has 0 unspecified atom stereocenters. The molecule has 0 saturated carbocycles. The summed E-state index contributed by atoms with van der Waals surface area (Å²) >= 11 is 0. The van der Waals surface area contributed by atoms with Gasteiger partial charge in [-0.05, 0) is 13.0 Å². The second-order valence-corrected chi connectivity index (χ2v) is 4.42. The lowest BCUT2D eigenvalue weighted by Gasteiger charge is -2.09. The molecule has 0 atom stereocenters. The Hall–Kier alpha value is -2.30. The van der Waals surface area contributed by atoms with E-state index in [9.17, 15) is 4.79 Å². The van der Waals surface area contributed by atoms with Crippen molar-refractivity contribution in [3.63, 3.8) is 0 Å². The van der Waals surface area contributed by atoms with Crippen molar-refractivity contribution in [2.24, 2.45) is 0 Å². The van der Waals surface area contributed by atoms with Crippen LogP contribution < -0.4 is 4.74 Å². The number of aryl methyl sites for hydroxylation is 1. The lowest BCUT2D eigenvalue weighted by molar-refractivity contribution is -0.136. The van der Waals surface area contributed by atoms with Gasteiger partial charge in [0.2, 0.25) is 0 Å². The Morgan fingerprint density at radius 1 is 1.47 bits per heavy atom. The SMILES string of the molecule is COc1ccc(C)cc1Cn1cnc(CC(=O)O)c1. The maximum absolute atomic E-state index is 10.6. The molecule has 0 amide bonds. The number of aromatic nitrogens is 2. The molecule has 2 rings (SSSR count). The number of nitrogens with zero attached hydrogens (tertiary/aromatic N) is 2. The van der Waals surface area contributed by atoms with E-state index in [1.165, 1.54) is 0 Å². The lowest BCUT2D eigenvalue weighted by atomic mass is 10.1. The zero-order valence-electron chi connectivity index (χ0n) is 11.0. The monoisotopic (exact) mass is 260 g/mol. The third-order valence-electron chi connectivity index (χ3n) is 2.81. The number of carboxylic acids is 1. The number of rotatable bonds is 5. The predicted molar refractivity (Wildman–Crippen MR) is 70.4 cm³/mol. The van der Waals surface area contributed by atoms with E-state index < -0.39 is 5.97 Å². The van der Waals surface area contributed by atoms with Crippen LogP contribution in [0.25, 0.3) is 0 Å². The average molecular weight is 260 g/mol. The first kappa shape index (κ1) is 13.1. The van der Waals surface area contributed by atoms with Crippen LogP contribution in [-0.4, -0.2) is 27.7 Å². The molecule has 0 aliphatic heterocycles. The molecule has 0 fully saturated rings. The van der Waals surface area contributed by atoms with Crippen LogP contribution in [-0.2, 0) is 17.8 Å². The van der Waals surface area contributed by atoms with Crippen LogP contribution in [0, 0.1) is 6.92 Å². The summed E-state index contributed by atoms with van der Waals surface area (Å²) in [5, 5.41) is 8.72. The maximum Gasteiger partial charge on any atom is 0.309 e. The fraction of sp³-hybridized carbons (Fsp3) is 0.286. The number of hydrogen-bond acceptors (Lipinski definition) is 3. The van der Waals surface area contributed by atoms with Gasteiger partial charge in [-0.15, -0.1) is 0 Å². The number of benzene rings is 1. The third-order valence-corrected chi connectivity index (χ3v) is 2.81. The summed E-state index contributed by atoms with van der Waals surface area (Å²) in [5.41, 5.74) is 2.75. The van der Waals surface area contributed by atoms with Crippen molar-refractivity contribution in [2.45, 2.75) is 19.9 Å². The van der Waals surface area contributed by atoms with Gasteiger partial charge in [-0.1, -0.05) is 17.7 Å². The van der Waals surface area contributed by atoms with Crippen LogP contribution in [0.5, 0.6) is 5.75 Å². The Balaban J connectivity index is 2.18. The van der Waals surface area contributed by atoms with Crippen molar-refractivity contribution in [3.8, 4) is 5.75 Å². The molecule has 5 heteroatoms. The topological polar surface area (TPSA) is 64.4 Å². The average Bonchev–Trinajstić information content (AvgIpc) is 2.76. The van der Waals surface area contributed by atoms with Crippen LogP contribution >= 0.6 is 0 Å². The third kappa shape index (κ3) is 3.34. The normalized spacial score (nSPS) is 10.4. The fourth-order valence-electron chi connectivity index (χ4n) is 1.97. The zero-order valence-corrected chi connectivity index (χ0v) is 11.0. The minimum Gasteiger partial charge on any atom is -0.496 e. The molecule has 0 spiro atoms. The predicted octanol–water partition coefficient (Wildman–Crippen LogP) is 1.88. The smallest absolute Gasteiger partial charge is 0.309 e. The fourth-order valence-corrected chi connectivity index (χ4v) is 1.97. The molecule has 0 aliphatic carbocycles. The summed E-state index contributed by atoms with van der Waals surface area (Å²) in [5.74, 6) is -0.0579. The van der Waals surface area contributed by atoms with Crippen molar-refractivity contribution >= 4 is 5.97 Å². The van der Waals surface area contributed by atoms with Crippen molar-refractivity contribution in [1.29, 1.82) is 0 Å². The van der Waals surface area contributed by atoms with E-state index in [-0.39, 0.29) is 6.42 Å². The van der Waals surface area contributed by atoms with E-state index in [0.29, 0.717) is 12.2 Å². The highest BCUT2D eigenvalue weighted by atomic mass is 16.5. The standard InChI is InChI=1S/C14H16N2O3/c1-10-3-4-13(19-2)11(5-10)7-16-8-12(15-9-16)6-14(17)18/h3-5,8-9H,6-7H2,1-2H3,(H,17,18). The number of carboxylic acid groups (broad SMARTS) is 1. The van der Waals surface area contributed by atoms with Gasteiger partial charge >= 0.3 is 5.97 Å². The molecule has 1 N–H and O–H groups in total. The summed E-state index contributed by atoms with van der Waals surface area (Å²) in [6.45, 7) is 2.63. The summed E-state index contributed by atoms with van der Waals surface area (Å²) in [7, 11) is 1.64. The molecule has 0 bridgehead atoms. The van der Waals surface area contributed by atoms with Gasteiger partial charge in [-0.3, -0.25) is 4.79 Å². The molecule has 19 heavy (non-hydrogen) atoms. The van der Waals surface area contributed by atoms with E-state index in [1.54, 1.807) is 19.6 Å². The van der Waals surface area contributed by atoms with E-state index in [0.717, 1.165) is 16.9 Å². The number of methoxy groups -OCH3 is 1. The molecule has 1 aromatic heterocycles. The van der Waals surface area contributed by atoms with Gasteiger partial charge in [-0.2, -0.15) is 0 Å². The number of ether oxygens (including phenoxy) is 1. The Labute approximate surface area is 111 Å². The Bertz CT molecular complexity index is 590. The van der Waals surface area contributed by atoms with E-state index in [4.69, 9.17) is 9.84 Å². The van der Waals surface area contributed by atoms with Crippen LogP contribution in [0.4, 0.5) is 0 Å². The number of aliphatic carboxylic acids is 1. The highest BCUT2D eigenvalue weighted by Gasteiger charge is 2.07. The second kappa shape index (κ2) is 5.56. The Morgan fingerprint density at radius 2 is 2.26 bits per heavy atom. The second-order valence-electron chi connectivity index (χ2n) is 4.42. The lowest BCUT2D eigenvalue weighted by Crippen LogP contribution is -2.01. The molecule has 0 saturated heterocycles. The van der Waals surface area contributed by atoms with Gasteiger partial charge in [0.25, 0.3) is 0 Å². The first-order valence-electron chi connectivity index (χ1n) is 5.94. The summed E-state index contributed by atoms with van der Waals surface area (Å²) in [6.07, 6.45) is 3.33. The molecule has 2 aromatic rings. The Morgan fingerprint density at radius 3 is 2.95 bits per heavy atom. The van der Waals surface area contributed by atoms with Crippen LogP contribution in [0.3, 0.4) is 0 Å². The highest BCUT2D eigenvalue weighted by molar-refractivity contribution is 5.69. The number of carbonyl (C=O) groups is 1. The van der Waals surface area contributed by atoms with Gasteiger partial charge in [0.15, 0.2) is 0 Å². The van der Waals surface area contributed by atoms with Crippen molar-refractivity contribution in [2.75, 3.05) is 7.11 Å². The summed E-state index contributed by atoms with van der Waals surface area (Å²) < 4.78 is 7.17. The molecule has 100 valence electrons. The van der Waals surface area contributed by atoms with Gasteiger partial charge in [-0.25, -0.2) is 4.98 Å². The van der Waals surface area contributed by atoms with Crippen LogP contribution in [0.2, 0.25) is 0 Å². The Kier molecular flexibility index (Phi) is 3.85. The van der Waals surface area contributed by atoms with Crippen LogP contribution in [0.1, 0.15) is 16.8 Å². The number of imidazole rings is 1. The highest BCUT2D eigenvalue weighted by Crippen LogP contribution is 2.20. The molecular weight excluding hydrogens is 244 g/mol. The first-order valence-corrected chi connectivity index (χ1v) is 5.94. The van der Waals surface area contributed by atoms with Crippen molar-refractivity contribution in [1.82, 2.24) is 9.55 Å². The molecule has 1 aromatic carbocycles. The molecule has 0 aliphatic rings. The maximum atomic E-state index is 10.6. The minimum atomic E-state index is -0.876. The van der Waals surface area contributed by atoms with E-state index in [1.807, 2.05) is 23.6 Å². The molecule has 1 heterocycles. The summed E-state index contributed by atoms with van der Waals surface area (Å²) in [4.78, 5) is 14.7.